The quantitative estimate of drug-likeness (QED) is 0.229. The molecule has 0 unspecified atom stereocenters. The fraction of sp³-hybridized carbons (Fsp3) is 0.286. The Morgan fingerprint density at radius 3 is 1.31 bits per heavy atom. The van der Waals surface area contributed by atoms with Gasteiger partial charge in [-0.25, -0.2) is 19.4 Å². The number of benzene rings is 2. The van der Waals surface area contributed by atoms with Crippen molar-refractivity contribution in [1.29, 1.82) is 0 Å². The number of hydrogen-bond donors (Lipinski definition) is 0. The van der Waals surface area contributed by atoms with Crippen LogP contribution in [0.3, 0.4) is 0 Å². The highest BCUT2D eigenvalue weighted by atomic mass is 28.3. The second kappa shape index (κ2) is 11.6. The molecule has 0 spiro atoms. The molecule has 2 aromatic carbocycles. The summed E-state index contributed by atoms with van der Waals surface area (Å²) in [7, 11) is -3.42. The van der Waals surface area contributed by atoms with Crippen molar-refractivity contribution in [2.45, 2.75) is 51.9 Å². The van der Waals surface area contributed by atoms with E-state index in [9.17, 15) is 9.59 Å². The Morgan fingerprint density at radius 1 is 0.667 bits per heavy atom. The maximum absolute atomic E-state index is 12.5. The van der Waals surface area contributed by atoms with Crippen LogP contribution in [0.4, 0.5) is 0 Å². The van der Waals surface area contributed by atoms with E-state index >= 15 is 0 Å². The number of hydrogen-bond acceptors (Lipinski definition) is 6. The SMILES string of the molecule is C=C[Si](C)(C)c1ccc(C(=O)OOC2=C(OOC(=O)c3ccc([Si](C)(C)C=C)cc3)CCCC2)cc1. The van der Waals surface area contributed by atoms with Gasteiger partial charge in [0, 0.05) is 12.8 Å². The van der Waals surface area contributed by atoms with Crippen LogP contribution in [0, 0.1) is 0 Å². The van der Waals surface area contributed by atoms with Crippen LogP contribution in [0.2, 0.25) is 26.2 Å². The zero-order valence-corrected chi connectivity index (χ0v) is 23.5. The third kappa shape index (κ3) is 6.64. The maximum Gasteiger partial charge on any atom is 0.386 e. The molecule has 0 saturated carbocycles. The standard InChI is InChI=1S/C28H34O6Si2/c1-7-35(3,4)23-17-13-21(14-18-23)27(29)33-31-25-11-9-10-12-26(25)32-34-28(30)22-15-19-24(20-16-22)36(5,6)8-2/h7-8,13-20H,1-2,9-12H2,3-6H3. The van der Waals surface area contributed by atoms with Crippen LogP contribution in [-0.2, 0) is 19.6 Å². The van der Waals surface area contributed by atoms with Gasteiger partial charge < -0.3 is 0 Å². The van der Waals surface area contributed by atoms with Gasteiger partial charge in [0.15, 0.2) is 11.5 Å². The smallest absolute Gasteiger partial charge is 0.287 e. The van der Waals surface area contributed by atoms with Gasteiger partial charge in [-0.05, 0) is 37.1 Å². The minimum absolute atomic E-state index is 0.341. The summed E-state index contributed by atoms with van der Waals surface area (Å²) in [4.78, 5) is 45.8. The summed E-state index contributed by atoms with van der Waals surface area (Å²) in [5, 5.41) is 2.34. The summed E-state index contributed by atoms with van der Waals surface area (Å²) >= 11 is 0. The van der Waals surface area contributed by atoms with Crippen molar-refractivity contribution < 1.29 is 29.1 Å². The molecule has 6 nitrogen and oxygen atoms in total. The molecule has 0 aromatic heterocycles. The maximum atomic E-state index is 12.5. The molecule has 1 aliphatic carbocycles. The Kier molecular flexibility index (Phi) is 8.76. The minimum atomic E-state index is -1.71. The first-order chi connectivity index (χ1) is 17.1. The van der Waals surface area contributed by atoms with Crippen LogP contribution < -0.4 is 10.4 Å². The molecule has 0 atom stereocenters. The van der Waals surface area contributed by atoms with E-state index in [1.165, 1.54) is 10.4 Å². The Balaban J connectivity index is 1.60. The summed E-state index contributed by atoms with van der Waals surface area (Å²) in [5.74, 6) is -0.540. The summed E-state index contributed by atoms with van der Waals surface area (Å²) < 4.78 is 0. The van der Waals surface area contributed by atoms with Gasteiger partial charge in [-0.15, -0.1) is 13.2 Å². The van der Waals surface area contributed by atoms with Crippen molar-refractivity contribution in [3.8, 4) is 0 Å². The van der Waals surface area contributed by atoms with E-state index in [1.807, 2.05) is 35.7 Å². The van der Waals surface area contributed by atoms with E-state index in [4.69, 9.17) is 19.6 Å². The summed E-state index contributed by atoms with van der Waals surface area (Å²) in [6.45, 7) is 16.6. The van der Waals surface area contributed by atoms with Crippen LogP contribution in [0.15, 0.2) is 84.6 Å². The number of allylic oxidation sites excluding steroid dienone is 2. The number of carbonyl (C=O) groups is 2. The highest BCUT2D eigenvalue weighted by molar-refractivity contribution is 6.94. The molecule has 0 bridgehead atoms. The van der Waals surface area contributed by atoms with Gasteiger partial charge >= 0.3 is 11.9 Å². The van der Waals surface area contributed by atoms with Crippen molar-refractivity contribution in [3.05, 3.63) is 95.7 Å². The highest BCUT2D eigenvalue weighted by Gasteiger charge is 2.24. The molecule has 8 heteroatoms. The fourth-order valence-corrected chi connectivity index (χ4v) is 6.13. The molecule has 0 fully saturated rings. The highest BCUT2D eigenvalue weighted by Crippen LogP contribution is 2.27. The first-order valence-corrected chi connectivity index (χ1v) is 18.2. The van der Waals surface area contributed by atoms with E-state index < -0.39 is 28.1 Å². The van der Waals surface area contributed by atoms with Crippen molar-refractivity contribution in [1.82, 2.24) is 0 Å². The first kappa shape index (κ1) is 27.2. The molecular weight excluding hydrogens is 488 g/mol. The average Bonchev–Trinajstić information content (AvgIpc) is 2.90. The van der Waals surface area contributed by atoms with Gasteiger partial charge in [0.05, 0.1) is 11.1 Å². The van der Waals surface area contributed by atoms with E-state index in [1.54, 1.807) is 24.3 Å². The molecule has 0 N–H and O–H groups in total. The molecular formula is C28H34O6Si2. The number of carbonyl (C=O) groups excluding carboxylic acids is 2. The van der Waals surface area contributed by atoms with Crippen LogP contribution in [0.1, 0.15) is 46.4 Å². The van der Waals surface area contributed by atoms with Gasteiger partial charge in [-0.1, -0.05) is 72.2 Å². The second-order valence-corrected chi connectivity index (χ2v) is 18.8. The molecule has 0 heterocycles. The van der Waals surface area contributed by atoms with Gasteiger partial charge in [0.1, 0.15) is 16.1 Å². The number of rotatable bonds is 10. The van der Waals surface area contributed by atoms with Gasteiger partial charge in [0.25, 0.3) is 0 Å². The normalized spacial score (nSPS) is 14.0. The van der Waals surface area contributed by atoms with Gasteiger partial charge in [-0.2, -0.15) is 0 Å². The molecule has 1 aliphatic rings. The molecule has 3 rings (SSSR count). The minimum Gasteiger partial charge on any atom is -0.287 e. The summed E-state index contributed by atoms with van der Waals surface area (Å²) in [5.41, 5.74) is 4.74. The largest absolute Gasteiger partial charge is 0.386 e. The molecule has 0 radical (unpaired) electrons. The molecule has 190 valence electrons. The Bertz CT molecular complexity index is 1060. The van der Waals surface area contributed by atoms with Crippen LogP contribution in [0.25, 0.3) is 0 Å². The Morgan fingerprint density at radius 2 is 1.00 bits per heavy atom. The van der Waals surface area contributed by atoms with E-state index in [0.717, 1.165) is 12.8 Å². The van der Waals surface area contributed by atoms with Crippen LogP contribution >= 0.6 is 0 Å². The molecule has 0 saturated heterocycles. The van der Waals surface area contributed by atoms with Crippen LogP contribution in [-0.4, -0.2) is 28.1 Å². The lowest BCUT2D eigenvalue weighted by molar-refractivity contribution is -0.239. The topological polar surface area (TPSA) is 71.1 Å². The lowest BCUT2D eigenvalue weighted by Crippen LogP contribution is -2.39. The Labute approximate surface area is 215 Å². The predicted octanol–water partition coefficient (Wildman–Crippen LogP) is 5.63. The lowest BCUT2D eigenvalue weighted by atomic mass is 10.0. The lowest BCUT2D eigenvalue weighted by Gasteiger charge is -2.19. The van der Waals surface area contributed by atoms with E-state index in [2.05, 4.69) is 39.3 Å². The van der Waals surface area contributed by atoms with Gasteiger partial charge in [-0.3, -0.25) is 9.78 Å². The molecule has 36 heavy (non-hydrogen) atoms. The third-order valence-electron chi connectivity index (χ3n) is 6.55. The van der Waals surface area contributed by atoms with Gasteiger partial charge in [0.2, 0.25) is 0 Å². The second-order valence-electron chi connectivity index (χ2n) is 9.97. The molecule has 0 amide bonds. The van der Waals surface area contributed by atoms with Crippen molar-refractivity contribution in [2.75, 3.05) is 0 Å². The third-order valence-corrected chi connectivity index (χ3v) is 12.2. The summed E-state index contributed by atoms with van der Waals surface area (Å²) in [6.07, 6.45) is 2.70. The Hall–Kier alpha value is -3.37. The van der Waals surface area contributed by atoms with Crippen molar-refractivity contribution >= 4 is 38.5 Å². The first-order valence-electron chi connectivity index (χ1n) is 12.1. The fourth-order valence-electron chi connectivity index (χ4n) is 3.61. The molecule has 0 aliphatic heterocycles. The van der Waals surface area contributed by atoms with Crippen molar-refractivity contribution in [2.24, 2.45) is 0 Å². The predicted molar refractivity (Wildman–Crippen MR) is 146 cm³/mol. The van der Waals surface area contributed by atoms with E-state index in [0.29, 0.717) is 35.5 Å². The monoisotopic (exact) mass is 522 g/mol. The molecule has 2 aromatic rings. The van der Waals surface area contributed by atoms with Crippen LogP contribution in [0.5, 0.6) is 0 Å². The van der Waals surface area contributed by atoms with E-state index in [-0.39, 0.29) is 0 Å². The zero-order valence-electron chi connectivity index (χ0n) is 21.5. The average molecular weight is 523 g/mol. The zero-order chi connectivity index (χ0) is 26.3. The van der Waals surface area contributed by atoms with Crippen molar-refractivity contribution in [3.63, 3.8) is 0 Å². The summed E-state index contributed by atoms with van der Waals surface area (Å²) in [6, 6.07) is 14.6.